The number of rotatable bonds is 10. The minimum atomic E-state index is -0.443. The Morgan fingerprint density at radius 2 is 2.00 bits per heavy atom. The number of methoxy groups -OCH3 is 1. The minimum Gasteiger partial charge on any atom is -0.496 e. The number of ether oxygens (including phenoxy) is 1. The van der Waals surface area contributed by atoms with Gasteiger partial charge in [-0.2, -0.15) is 0 Å². The average Bonchev–Trinajstić information content (AvgIpc) is 3.58. The van der Waals surface area contributed by atoms with E-state index in [2.05, 4.69) is 61.8 Å². The van der Waals surface area contributed by atoms with E-state index in [0.717, 1.165) is 24.3 Å². The molecule has 4 rings (SSSR count). The van der Waals surface area contributed by atoms with Crippen LogP contribution in [-0.4, -0.2) is 72.9 Å². The van der Waals surface area contributed by atoms with Crippen molar-refractivity contribution in [2.75, 3.05) is 39.8 Å². The van der Waals surface area contributed by atoms with E-state index < -0.39 is 6.10 Å². The number of nitrogens with one attached hydrogen (secondary N) is 1. The number of carbonyl (C=O) groups is 1. The molecule has 4 unspecified atom stereocenters. The maximum Gasteiger partial charge on any atom is 0.318 e. The highest BCUT2D eigenvalue weighted by molar-refractivity contribution is 5.76. The van der Waals surface area contributed by atoms with Gasteiger partial charge in [-0.05, 0) is 66.7 Å². The van der Waals surface area contributed by atoms with Crippen LogP contribution in [0.3, 0.4) is 0 Å². The van der Waals surface area contributed by atoms with E-state index in [9.17, 15) is 9.90 Å². The maximum absolute atomic E-state index is 12.8. The fourth-order valence-electron chi connectivity index (χ4n) is 6.03. The Kier molecular flexibility index (Phi) is 8.58. The number of hydrogen-bond acceptors (Lipinski definition) is 4. The van der Waals surface area contributed by atoms with Gasteiger partial charge in [-0.1, -0.05) is 56.4 Å². The fourth-order valence-corrected chi connectivity index (χ4v) is 6.03. The van der Waals surface area contributed by atoms with E-state index in [1.807, 2.05) is 17.0 Å². The quantitative estimate of drug-likeness (QED) is 0.494. The molecule has 2 N–H and O–H groups in total. The van der Waals surface area contributed by atoms with Crippen molar-refractivity contribution < 1.29 is 14.6 Å². The molecule has 0 aromatic heterocycles. The van der Waals surface area contributed by atoms with Crippen LogP contribution in [0, 0.1) is 11.8 Å². The molecule has 6 nitrogen and oxygen atoms in total. The third kappa shape index (κ3) is 5.87. The highest BCUT2D eigenvalue weighted by atomic mass is 16.5. The van der Waals surface area contributed by atoms with Crippen LogP contribution in [0.4, 0.5) is 4.79 Å². The van der Waals surface area contributed by atoms with Crippen molar-refractivity contribution in [1.82, 2.24) is 15.1 Å². The zero-order valence-electron chi connectivity index (χ0n) is 22.4. The summed E-state index contributed by atoms with van der Waals surface area (Å²) >= 11 is 0. The zero-order chi connectivity index (χ0) is 25.8. The monoisotopic (exact) mass is 493 g/mol. The number of aliphatic hydroxyl groups excluding tert-OH is 1. The van der Waals surface area contributed by atoms with Crippen molar-refractivity contribution in [2.24, 2.45) is 11.8 Å². The van der Waals surface area contributed by atoms with Gasteiger partial charge in [0.15, 0.2) is 0 Å². The molecule has 2 amide bonds. The number of para-hydroxylation sites is 1. The highest BCUT2D eigenvalue weighted by Gasteiger charge is 2.46. The largest absolute Gasteiger partial charge is 0.496 e. The summed E-state index contributed by atoms with van der Waals surface area (Å²) < 4.78 is 5.60. The maximum atomic E-state index is 12.8. The van der Waals surface area contributed by atoms with E-state index in [1.54, 1.807) is 7.11 Å². The van der Waals surface area contributed by atoms with Gasteiger partial charge in [0.1, 0.15) is 5.75 Å². The second-order valence-electron chi connectivity index (χ2n) is 11.0. The Labute approximate surface area is 216 Å². The summed E-state index contributed by atoms with van der Waals surface area (Å²) in [7, 11) is 1.75. The van der Waals surface area contributed by atoms with Crippen LogP contribution in [0.5, 0.6) is 5.75 Å². The van der Waals surface area contributed by atoms with Gasteiger partial charge >= 0.3 is 6.03 Å². The second kappa shape index (κ2) is 11.7. The predicted octanol–water partition coefficient (Wildman–Crippen LogP) is 4.73. The highest BCUT2D eigenvalue weighted by Crippen LogP contribution is 2.49. The number of benzene rings is 1. The number of urea groups is 1. The number of allylic oxidation sites excluding steroid dienone is 1. The Morgan fingerprint density at radius 3 is 2.67 bits per heavy atom. The summed E-state index contributed by atoms with van der Waals surface area (Å²) in [5.41, 5.74) is 4.91. The number of nitrogens with zero attached hydrogens (tertiary/aromatic N) is 2. The SMILES string of the molecule is C=CC1=C(/C=C(/C)C(C)C)CN(C(=O)NCCC(O)CN2CC3CC2CC3c2ccccc2OC)C1. The summed E-state index contributed by atoms with van der Waals surface area (Å²) in [5.74, 6) is 2.62. The number of fused-ring (bicyclic) bond motifs is 2. The van der Waals surface area contributed by atoms with Gasteiger partial charge in [-0.3, -0.25) is 4.90 Å². The molecular formula is C30H43N3O3. The molecule has 0 radical (unpaired) electrons. The summed E-state index contributed by atoms with van der Waals surface area (Å²) in [6.45, 7) is 13.8. The molecule has 2 aliphatic heterocycles. The topological polar surface area (TPSA) is 65.0 Å². The molecule has 3 aliphatic rings. The van der Waals surface area contributed by atoms with E-state index in [0.29, 0.717) is 56.4 Å². The Bertz CT molecular complexity index is 1010. The van der Waals surface area contributed by atoms with Gasteiger partial charge in [0, 0.05) is 38.8 Å². The zero-order valence-corrected chi connectivity index (χ0v) is 22.4. The number of aliphatic hydroxyl groups is 1. The van der Waals surface area contributed by atoms with Crippen molar-refractivity contribution in [2.45, 2.75) is 58.1 Å². The third-order valence-electron chi connectivity index (χ3n) is 8.37. The molecule has 2 heterocycles. The van der Waals surface area contributed by atoms with Gasteiger partial charge < -0.3 is 20.1 Å². The Hall–Kier alpha value is -2.57. The average molecular weight is 494 g/mol. The van der Waals surface area contributed by atoms with Crippen LogP contribution in [0.15, 0.2) is 59.7 Å². The number of β-amino-alcohol motifs (C(OH)–C–C–N with tert-alkyl or cyclic N) is 1. The van der Waals surface area contributed by atoms with E-state index in [1.165, 1.54) is 23.1 Å². The lowest BCUT2D eigenvalue weighted by molar-refractivity contribution is 0.0851. The van der Waals surface area contributed by atoms with Gasteiger partial charge in [-0.25, -0.2) is 4.79 Å². The molecule has 0 spiro atoms. The first-order chi connectivity index (χ1) is 17.3. The molecule has 1 aliphatic carbocycles. The lowest BCUT2D eigenvalue weighted by Gasteiger charge is -2.33. The Balaban J connectivity index is 1.20. The van der Waals surface area contributed by atoms with E-state index in [4.69, 9.17) is 4.74 Å². The van der Waals surface area contributed by atoms with Crippen LogP contribution in [-0.2, 0) is 0 Å². The molecule has 2 fully saturated rings. The van der Waals surface area contributed by atoms with Crippen LogP contribution < -0.4 is 10.1 Å². The minimum absolute atomic E-state index is 0.0768. The molecule has 36 heavy (non-hydrogen) atoms. The molecule has 196 valence electrons. The van der Waals surface area contributed by atoms with Crippen molar-refractivity contribution in [3.05, 3.63) is 65.3 Å². The van der Waals surface area contributed by atoms with Crippen molar-refractivity contribution in [1.29, 1.82) is 0 Å². The summed E-state index contributed by atoms with van der Waals surface area (Å²) in [4.78, 5) is 17.0. The standard InChI is InChI=1S/C30H43N3O3/c1-6-22-16-33(17-23(22)13-21(4)20(2)3)30(35)31-12-11-26(34)19-32-18-24-14-25(32)15-28(24)27-9-7-8-10-29(27)36-5/h6-10,13,20,24-26,28,34H,1,11-12,14-19H2,2-5H3,(H,31,35)/b21-13-. The number of carbonyl (C=O) groups excluding carboxylic acids is 1. The summed E-state index contributed by atoms with van der Waals surface area (Å²) in [6.07, 6.45) is 6.48. The molecule has 4 atom stereocenters. The third-order valence-corrected chi connectivity index (χ3v) is 8.37. The predicted molar refractivity (Wildman–Crippen MR) is 145 cm³/mol. The van der Waals surface area contributed by atoms with Crippen LogP contribution >= 0.6 is 0 Å². The summed E-state index contributed by atoms with van der Waals surface area (Å²) in [6, 6.07) is 8.82. The normalized spacial score (nSPS) is 25.1. The smallest absolute Gasteiger partial charge is 0.318 e. The first kappa shape index (κ1) is 26.5. The molecule has 1 saturated carbocycles. The number of likely N-dealkylation sites (tertiary alicyclic amines) is 1. The van der Waals surface area contributed by atoms with Gasteiger partial charge in [-0.15, -0.1) is 0 Å². The molecule has 2 bridgehead atoms. The van der Waals surface area contributed by atoms with Crippen LogP contribution in [0.25, 0.3) is 0 Å². The van der Waals surface area contributed by atoms with E-state index in [-0.39, 0.29) is 6.03 Å². The molecule has 6 heteroatoms. The lowest BCUT2D eigenvalue weighted by atomic mass is 9.87. The second-order valence-corrected chi connectivity index (χ2v) is 11.0. The summed E-state index contributed by atoms with van der Waals surface area (Å²) in [5, 5.41) is 13.7. The van der Waals surface area contributed by atoms with E-state index >= 15 is 0 Å². The van der Waals surface area contributed by atoms with Crippen LogP contribution in [0.1, 0.15) is 51.5 Å². The lowest BCUT2D eigenvalue weighted by Crippen LogP contribution is -2.42. The van der Waals surface area contributed by atoms with Gasteiger partial charge in [0.05, 0.1) is 13.2 Å². The molecule has 1 aromatic rings. The number of hydrogen-bond donors (Lipinski definition) is 2. The molecule has 1 saturated heterocycles. The van der Waals surface area contributed by atoms with Crippen molar-refractivity contribution in [3.63, 3.8) is 0 Å². The van der Waals surface area contributed by atoms with Crippen molar-refractivity contribution in [3.8, 4) is 5.75 Å². The molecular weight excluding hydrogens is 450 g/mol. The van der Waals surface area contributed by atoms with Crippen LogP contribution in [0.2, 0.25) is 0 Å². The number of amides is 2. The first-order valence-corrected chi connectivity index (χ1v) is 13.4. The molecule has 1 aromatic carbocycles. The van der Waals surface area contributed by atoms with Crippen molar-refractivity contribution >= 4 is 6.03 Å². The Morgan fingerprint density at radius 1 is 1.25 bits per heavy atom. The first-order valence-electron chi connectivity index (χ1n) is 13.4. The van der Waals surface area contributed by atoms with Gasteiger partial charge in [0.2, 0.25) is 0 Å². The van der Waals surface area contributed by atoms with Gasteiger partial charge in [0.25, 0.3) is 0 Å². The number of piperidine rings is 1. The fraction of sp³-hybridized carbons (Fsp3) is 0.567.